The molecule has 1 N–H and O–H groups in total. The summed E-state index contributed by atoms with van der Waals surface area (Å²) in [7, 11) is 0. The fraction of sp³-hybridized carbons (Fsp3) is 0.312. The molecule has 3 rings (SSSR count). The minimum atomic E-state index is -4.91. The second kappa shape index (κ2) is 6.51. The van der Waals surface area contributed by atoms with Crippen LogP contribution < -0.4 is 4.74 Å². The Morgan fingerprint density at radius 1 is 1.32 bits per heavy atom. The summed E-state index contributed by atoms with van der Waals surface area (Å²) in [5.74, 6) is -2.20. The highest BCUT2D eigenvalue weighted by Gasteiger charge is 2.42. The number of alkyl halides is 3. The smallest absolute Gasteiger partial charge is 0.435 e. The van der Waals surface area contributed by atoms with Crippen LogP contribution in [0.2, 0.25) is 5.02 Å². The van der Waals surface area contributed by atoms with Gasteiger partial charge in [0, 0.05) is 10.9 Å². The zero-order valence-corrected chi connectivity index (χ0v) is 13.4. The number of halogens is 4. The van der Waals surface area contributed by atoms with Crippen molar-refractivity contribution in [2.24, 2.45) is 0 Å². The lowest BCUT2D eigenvalue weighted by atomic mass is 10.2. The van der Waals surface area contributed by atoms with Gasteiger partial charge in [0.2, 0.25) is 5.88 Å². The van der Waals surface area contributed by atoms with Gasteiger partial charge in [0.1, 0.15) is 12.3 Å². The number of benzene rings is 1. The first-order chi connectivity index (χ1) is 11.8. The summed E-state index contributed by atoms with van der Waals surface area (Å²) in [6.45, 7) is -0.0145. The van der Waals surface area contributed by atoms with Crippen LogP contribution in [-0.4, -0.2) is 21.0 Å². The highest BCUT2D eigenvalue weighted by molar-refractivity contribution is 6.30. The largest absolute Gasteiger partial charge is 0.476 e. The van der Waals surface area contributed by atoms with Gasteiger partial charge < -0.3 is 9.84 Å². The van der Waals surface area contributed by atoms with Gasteiger partial charge in [0.05, 0.1) is 0 Å². The van der Waals surface area contributed by atoms with Crippen LogP contribution in [0.3, 0.4) is 0 Å². The van der Waals surface area contributed by atoms with Crippen LogP contribution in [0.1, 0.15) is 46.2 Å². The average Bonchev–Trinajstić information content (AvgIpc) is 3.36. The molecule has 0 bridgehead atoms. The monoisotopic (exact) mass is 372 g/mol. The number of aromatic nitrogens is 2. The fourth-order valence-corrected chi connectivity index (χ4v) is 2.50. The van der Waals surface area contributed by atoms with Crippen molar-refractivity contribution in [3.05, 3.63) is 51.9 Å². The van der Waals surface area contributed by atoms with Crippen LogP contribution in [0.25, 0.3) is 0 Å². The molecule has 1 fully saturated rings. The maximum absolute atomic E-state index is 13.1. The first-order valence-electron chi connectivity index (χ1n) is 7.35. The quantitative estimate of drug-likeness (QED) is 0.847. The number of rotatable bonds is 5. The van der Waals surface area contributed by atoms with Gasteiger partial charge in [-0.15, -0.1) is 0 Å². The first-order valence-corrected chi connectivity index (χ1v) is 7.73. The van der Waals surface area contributed by atoms with Crippen molar-refractivity contribution in [3.63, 3.8) is 0 Å². The highest BCUT2D eigenvalue weighted by atomic mass is 35.5. The van der Waals surface area contributed by atoms with Gasteiger partial charge in [-0.2, -0.15) is 13.2 Å². The summed E-state index contributed by atoms with van der Waals surface area (Å²) >= 11 is 5.87. The molecule has 0 unspecified atom stereocenters. The van der Waals surface area contributed by atoms with Gasteiger partial charge in [0.15, 0.2) is 11.4 Å². The summed E-state index contributed by atoms with van der Waals surface area (Å²) in [5.41, 5.74) is -1.96. The molecule has 1 saturated carbocycles. The van der Waals surface area contributed by atoms with Crippen molar-refractivity contribution < 1.29 is 27.8 Å². The van der Waals surface area contributed by atoms with E-state index in [-0.39, 0.29) is 24.1 Å². The number of hydrogen-bond donors (Lipinski definition) is 1. The number of carboxylic acids is 1. The Kier molecular flexibility index (Phi) is 4.55. The van der Waals surface area contributed by atoms with E-state index in [0.29, 0.717) is 23.4 Å². The summed E-state index contributed by atoms with van der Waals surface area (Å²) < 4.78 is 44.7. The molecular formula is C16H12ClF3N2O3. The van der Waals surface area contributed by atoms with E-state index in [0.717, 1.165) is 0 Å². The predicted molar refractivity (Wildman–Crippen MR) is 81.8 cm³/mol. The Labute approximate surface area is 145 Å². The molecular weight excluding hydrogens is 361 g/mol. The molecule has 0 atom stereocenters. The third-order valence-electron chi connectivity index (χ3n) is 3.59. The molecule has 2 aromatic rings. The van der Waals surface area contributed by atoms with Crippen LogP contribution >= 0.6 is 11.6 Å². The summed E-state index contributed by atoms with van der Waals surface area (Å²) in [5, 5.41) is 9.52. The summed E-state index contributed by atoms with van der Waals surface area (Å²) in [6, 6.07) is 6.72. The highest BCUT2D eigenvalue weighted by Crippen LogP contribution is 2.44. The molecule has 5 nitrogen and oxygen atoms in total. The SMILES string of the molecule is O=C(O)c1nc(OCc2cccc(Cl)c2)c(C2CC2)nc1C(F)(F)F. The van der Waals surface area contributed by atoms with Gasteiger partial charge >= 0.3 is 12.1 Å². The topological polar surface area (TPSA) is 72.3 Å². The van der Waals surface area contributed by atoms with Gasteiger partial charge in [-0.3, -0.25) is 0 Å². The maximum Gasteiger partial charge on any atom is 0.435 e. The normalized spacial score (nSPS) is 14.4. The van der Waals surface area contributed by atoms with E-state index in [1.54, 1.807) is 24.3 Å². The summed E-state index contributed by atoms with van der Waals surface area (Å²) in [6.07, 6.45) is -3.59. The zero-order valence-electron chi connectivity index (χ0n) is 12.7. The number of aromatic carboxylic acids is 1. The third-order valence-corrected chi connectivity index (χ3v) is 3.82. The second-order valence-electron chi connectivity index (χ2n) is 5.61. The Balaban J connectivity index is 1.97. The lowest BCUT2D eigenvalue weighted by molar-refractivity contribution is -0.142. The van der Waals surface area contributed by atoms with E-state index in [4.69, 9.17) is 21.4 Å². The van der Waals surface area contributed by atoms with E-state index in [2.05, 4.69) is 9.97 Å². The Bertz CT molecular complexity index is 823. The van der Waals surface area contributed by atoms with Gasteiger partial charge in [-0.1, -0.05) is 23.7 Å². The van der Waals surface area contributed by atoms with E-state index >= 15 is 0 Å². The number of carboxylic acid groups (broad SMARTS) is 1. The molecule has 1 heterocycles. The lowest BCUT2D eigenvalue weighted by Gasteiger charge is -2.14. The number of ether oxygens (including phenoxy) is 1. The Morgan fingerprint density at radius 2 is 2.04 bits per heavy atom. The molecule has 1 aromatic heterocycles. The molecule has 0 saturated heterocycles. The lowest BCUT2D eigenvalue weighted by Crippen LogP contribution is -2.19. The van der Waals surface area contributed by atoms with Crippen LogP contribution in [-0.2, 0) is 12.8 Å². The van der Waals surface area contributed by atoms with Gasteiger partial charge in [-0.25, -0.2) is 14.8 Å². The molecule has 0 amide bonds. The Hall–Kier alpha value is -2.35. The molecule has 1 aromatic carbocycles. The molecule has 132 valence electrons. The van der Waals surface area contributed by atoms with Crippen molar-refractivity contribution in [2.45, 2.75) is 31.5 Å². The number of hydrogen-bond acceptors (Lipinski definition) is 4. The average molecular weight is 373 g/mol. The zero-order chi connectivity index (χ0) is 18.2. The molecule has 0 spiro atoms. The minimum Gasteiger partial charge on any atom is -0.476 e. The first kappa shape index (κ1) is 17.5. The van der Waals surface area contributed by atoms with Crippen LogP contribution in [0.4, 0.5) is 13.2 Å². The van der Waals surface area contributed by atoms with Crippen LogP contribution in [0.15, 0.2) is 24.3 Å². The van der Waals surface area contributed by atoms with E-state index in [1.807, 2.05) is 0 Å². The van der Waals surface area contributed by atoms with E-state index in [1.165, 1.54) is 0 Å². The van der Waals surface area contributed by atoms with Crippen molar-refractivity contribution in [1.82, 2.24) is 9.97 Å². The molecule has 1 aliphatic carbocycles. The molecule has 1 aliphatic rings. The Morgan fingerprint density at radius 3 is 2.60 bits per heavy atom. The second-order valence-corrected chi connectivity index (χ2v) is 6.04. The van der Waals surface area contributed by atoms with Gasteiger partial charge in [0.25, 0.3) is 0 Å². The van der Waals surface area contributed by atoms with Crippen LogP contribution in [0, 0.1) is 0 Å². The van der Waals surface area contributed by atoms with Crippen molar-refractivity contribution in [2.75, 3.05) is 0 Å². The van der Waals surface area contributed by atoms with E-state index in [9.17, 15) is 18.0 Å². The fourth-order valence-electron chi connectivity index (χ4n) is 2.29. The van der Waals surface area contributed by atoms with Crippen LogP contribution in [0.5, 0.6) is 5.88 Å². The number of carbonyl (C=O) groups is 1. The molecule has 0 aliphatic heterocycles. The van der Waals surface area contributed by atoms with Gasteiger partial charge in [-0.05, 0) is 30.5 Å². The van der Waals surface area contributed by atoms with Crippen molar-refractivity contribution >= 4 is 17.6 Å². The predicted octanol–water partition coefficient (Wildman–Crippen LogP) is 4.30. The number of nitrogens with zero attached hydrogens (tertiary/aromatic N) is 2. The molecule has 9 heteroatoms. The molecule has 0 radical (unpaired) electrons. The standard InChI is InChI=1S/C16H12ClF3N2O3/c17-10-3-1-2-8(6-10)7-25-14-11(9-4-5-9)21-13(16(18,19)20)12(22-14)15(23)24/h1-3,6,9H,4-5,7H2,(H,23,24). The van der Waals surface area contributed by atoms with Crippen molar-refractivity contribution in [1.29, 1.82) is 0 Å². The third kappa shape index (κ3) is 4.01. The molecule has 25 heavy (non-hydrogen) atoms. The maximum atomic E-state index is 13.1. The summed E-state index contributed by atoms with van der Waals surface area (Å²) in [4.78, 5) is 18.3. The van der Waals surface area contributed by atoms with E-state index < -0.39 is 23.5 Å². The minimum absolute atomic E-state index is 0.0145. The van der Waals surface area contributed by atoms with Crippen molar-refractivity contribution in [3.8, 4) is 5.88 Å².